The minimum atomic E-state index is -0.792. The van der Waals surface area contributed by atoms with Crippen LogP contribution in [0.2, 0.25) is 0 Å². The van der Waals surface area contributed by atoms with Crippen molar-refractivity contribution in [2.24, 2.45) is 0 Å². The topological polar surface area (TPSA) is 55.8 Å². The van der Waals surface area contributed by atoms with Gasteiger partial charge < -0.3 is 9.47 Å². The molecule has 124 valence electrons. The van der Waals surface area contributed by atoms with E-state index in [0.29, 0.717) is 6.54 Å². The Labute approximate surface area is 140 Å². The van der Waals surface area contributed by atoms with Crippen molar-refractivity contribution in [1.29, 1.82) is 0 Å². The number of nitrogens with zero attached hydrogens (tertiary/aromatic N) is 1. The maximum absolute atomic E-state index is 12.5. The fourth-order valence-electron chi connectivity index (χ4n) is 2.83. The number of cyclic esters (lactones) is 1. The van der Waals surface area contributed by atoms with Crippen LogP contribution in [0.1, 0.15) is 24.2 Å². The third kappa shape index (κ3) is 3.25. The molecule has 0 spiro atoms. The van der Waals surface area contributed by atoms with Crippen LogP contribution in [0.3, 0.4) is 0 Å². The first-order valence-electron chi connectivity index (χ1n) is 7.93. The Morgan fingerprint density at radius 3 is 2.33 bits per heavy atom. The molecular weight excluding hydrogens is 306 g/mol. The number of esters is 1. The Morgan fingerprint density at radius 2 is 1.71 bits per heavy atom. The van der Waals surface area contributed by atoms with Crippen LogP contribution in [0, 0.1) is 0 Å². The van der Waals surface area contributed by atoms with Crippen molar-refractivity contribution < 1.29 is 19.1 Å². The van der Waals surface area contributed by atoms with Crippen LogP contribution in [0.5, 0.6) is 0 Å². The summed E-state index contributed by atoms with van der Waals surface area (Å²) in [6, 6.07) is 18.0. The highest BCUT2D eigenvalue weighted by atomic mass is 16.6. The van der Waals surface area contributed by atoms with Crippen molar-refractivity contribution in [3.05, 3.63) is 71.8 Å². The molecule has 1 amide bonds. The average Bonchev–Trinajstić information content (AvgIpc) is 2.93. The quantitative estimate of drug-likeness (QED) is 0.792. The maximum atomic E-state index is 12.5. The number of carbonyl (C=O) groups is 2. The van der Waals surface area contributed by atoms with Gasteiger partial charge in [-0.15, -0.1) is 0 Å². The molecule has 0 unspecified atom stereocenters. The fourth-order valence-corrected chi connectivity index (χ4v) is 2.83. The van der Waals surface area contributed by atoms with Gasteiger partial charge in [0.05, 0.1) is 13.2 Å². The van der Waals surface area contributed by atoms with Gasteiger partial charge in [0, 0.05) is 0 Å². The zero-order valence-electron chi connectivity index (χ0n) is 13.4. The van der Waals surface area contributed by atoms with E-state index in [0.717, 1.165) is 11.1 Å². The highest BCUT2D eigenvalue weighted by molar-refractivity contribution is 5.85. The molecule has 0 radical (unpaired) electrons. The molecule has 5 heteroatoms. The van der Waals surface area contributed by atoms with Gasteiger partial charge in [-0.25, -0.2) is 9.59 Å². The lowest BCUT2D eigenvalue weighted by Gasteiger charge is -2.23. The molecule has 2 aromatic carbocycles. The van der Waals surface area contributed by atoms with Crippen LogP contribution in [0.4, 0.5) is 4.79 Å². The molecular formula is C19H19NO4. The number of amides is 1. The summed E-state index contributed by atoms with van der Waals surface area (Å²) < 4.78 is 10.7. The lowest BCUT2D eigenvalue weighted by molar-refractivity contribution is -0.149. The van der Waals surface area contributed by atoms with Crippen LogP contribution in [-0.4, -0.2) is 29.6 Å². The van der Waals surface area contributed by atoms with Gasteiger partial charge in [-0.1, -0.05) is 60.7 Å². The molecule has 5 nitrogen and oxygen atoms in total. The van der Waals surface area contributed by atoms with Gasteiger partial charge in [-0.3, -0.25) is 4.90 Å². The molecule has 3 rings (SSSR count). The summed E-state index contributed by atoms with van der Waals surface area (Å²) in [7, 11) is 0. The Kier molecular flexibility index (Phi) is 4.79. The fraction of sp³-hybridized carbons (Fsp3) is 0.263. The summed E-state index contributed by atoms with van der Waals surface area (Å²) >= 11 is 0. The van der Waals surface area contributed by atoms with E-state index in [1.807, 2.05) is 60.7 Å². The molecule has 2 aromatic rings. The normalized spacial score (nSPS) is 19.9. The summed E-state index contributed by atoms with van der Waals surface area (Å²) in [6.07, 6.45) is -1.17. The van der Waals surface area contributed by atoms with Gasteiger partial charge in [-0.05, 0) is 18.1 Å². The molecule has 1 heterocycles. The largest absolute Gasteiger partial charge is 0.464 e. The summed E-state index contributed by atoms with van der Waals surface area (Å²) in [5.41, 5.74) is 1.71. The van der Waals surface area contributed by atoms with E-state index < -0.39 is 24.2 Å². The van der Waals surface area contributed by atoms with Crippen LogP contribution < -0.4 is 0 Å². The lowest BCUT2D eigenvalue weighted by Crippen LogP contribution is -2.41. The van der Waals surface area contributed by atoms with Gasteiger partial charge in [0.2, 0.25) is 0 Å². The number of carbonyl (C=O) groups excluding carboxylic acids is 2. The SMILES string of the molecule is CCOC(=O)[C@@H]1[C@@H](c2ccccc2)OC(=O)N1Cc1ccccc1. The smallest absolute Gasteiger partial charge is 0.411 e. The van der Waals surface area contributed by atoms with E-state index in [1.165, 1.54) is 4.90 Å². The third-order valence-corrected chi connectivity index (χ3v) is 3.94. The van der Waals surface area contributed by atoms with Crippen molar-refractivity contribution in [3.8, 4) is 0 Å². The number of hydrogen-bond donors (Lipinski definition) is 0. The second-order valence-corrected chi connectivity index (χ2v) is 5.53. The molecule has 0 N–H and O–H groups in total. The Balaban J connectivity index is 1.91. The Morgan fingerprint density at radius 1 is 1.08 bits per heavy atom. The predicted octanol–water partition coefficient (Wildman–Crippen LogP) is 3.31. The van der Waals surface area contributed by atoms with Gasteiger partial charge in [-0.2, -0.15) is 0 Å². The van der Waals surface area contributed by atoms with Crippen LogP contribution in [0.25, 0.3) is 0 Å². The molecule has 0 aromatic heterocycles. The number of benzene rings is 2. The molecule has 24 heavy (non-hydrogen) atoms. The molecule has 1 fully saturated rings. The first-order chi connectivity index (χ1) is 11.7. The van der Waals surface area contributed by atoms with E-state index in [1.54, 1.807) is 6.92 Å². The van der Waals surface area contributed by atoms with E-state index in [2.05, 4.69) is 0 Å². The molecule has 0 aliphatic carbocycles. The van der Waals surface area contributed by atoms with Crippen LogP contribution >= 0.6 is 0 Å². The minimum absolute atomic E-state index is 0.254. The van der Waals surface area contributed by atoms with Gasteiger partial charge >= 0.3 is 12.1 Å². The predicted molar refractivity (Wildman–Crippen MR) is 88.1 cm³/mol. The van der Waals surface area contributed by atoms with Crippen molar-refractivity contribution in [3.63, 3.8) is 0 Å². The maximum Gasteiger partial charge on any atom is 0.411 e. The zero-order valence-corrected chi connectivity index (χ0v) is 13.4. The van der Waals surface area contributed by atoms with E-state index in [4.69, 9.17) is 9.47 Å². The average molecular weight is 325 g/mol. The van der Waals surface area contributed by atoms with E-state index in [-0.39, 0.29) is 6.61 Å². The summed E-state index contributed by atoms with van der Waals surface area (Å²) in [5, 5.41) is 0. The highest BCUT2D eigenvalue weighted by Gasteiger charge is 2.47. The molecule has 1 saturated heterocycles. The van der Waals surface area contributed by atoms with E-state index in [9.17, 15) is 9.59 Å². The summed E-state index contributed by atoms with van der Waals surface area (Å²) in [6.45, 7) is 2.30. The van der Waals surface area contributed by atoms with Crippen LogP contribution in [0.15, 0.2) is 60.7 Å². The van der Waals surface area contributed by atoms with Crippen molar-refractivity contribution in [2.45, 2.75) is 25.6 Å². The first kappa shape index (κ1) is 16.1. The molecule has 1 aliphatic heterocycles. The molecule has 0 bridgehead atoms. The second kappa shape index (κ2) is 7.17. The lowest BCUT2D eigenvalue weighted by atomic mass is 10.0. The molecule has 2 atom stereocenters. The zero-order chi connectivity index (χ0) is 16.9. The molecule has 0 saturated carbocycles. The monoisotopic (exact) mass is 325 g/mol. The van der Waals surface area contributed by atoms with Gasteiger partial charge in [0.1, 0.15) is 0 Å². The Bertz CT molecular complexity index is 702. The van der Waals surface area contributed by atoms with Crippen molar-refractivity contribution in [1.82, 2.24) is 4.90 Å². The number of ether oxygens (including phenoxy) is 2. The number of hydrogen-bond acceptors (Lipinski definition) is 4. The first-order valence-corrected chi connectivity index (χ1v) is 7.93. The highest BCUT2D eigenvalue weighted by Crippen LogP contribution is 2.34. The van der Waals surface area contributed by atoms with E-state index >= 15 is 0 Å². The van der Waals surface area contributed by atoms with Gasteiger partial charge in [0.25, 0.3) is 0 Å². The number of rotatable bonds is 5. The summed E-state index contributed by atoms with van der Waals surface area (Å²) in [5.74, 6) is -0.451. The minimum Gasteiger partial charge on any atom is -0.464 e. The second-order valence-electron chi connectivity index (χ2n) is 5.53. The Hall–Kier alpha value is -2.82. The standard InChI is InChI=1S/C19H19NO4/c1-2-23-18(21)16-17(15-11-7-4-8-12-15)24-19(22)20(16)13-14-9-5-3-6-10-14/h3-12,16-17H,2,13H2,1H3/t16-,17+/m0/s1. The third-order valence-electron chi connectivity index (χ3n) is 3.94. The van der Waals surface area contributed by atoms with Gasteiger partial charge in [0.15, 0.2) is 12.1 Å². The molecule has 1 aliphatic rings. The van der Waals surface area contributed by atoms with Crippen LogP contribution in [-0.2, 0) is 20.8 Å². The van der Waals surface area contributed by atoms with Crippen molar-refractivity contribution in [2.75, 3.05) is 6.61 Å². The summed E-state index contributed by atoms with van der Waals surface area (Å²) in [4.78, 5) is 26.3. The van der Waals surface area contributed by atoms with Crippen molar-refractivity contribution >= 4 is 12.1 Å².